The van der Waals surface area contributed by atoms with E-state index in [1.807, 2.05) is 26.8 Å². The van der Waals surface area contributed by atoms with Gasteiger partial charge in [0.1, 0.15) is 5.01 Å². The molecule has 130 valence electrons. The second-order valence-electron chi connectivity index (χ2n) is 6.52. The number of hydrogen-bond donors (Lipinski definition) is 1. The highest BCUT2D eigenvalue weighted by molar-refractivity contribution is 7.11. The number of aryl methyl sites for hydroxylation is 4. The van der Waals surface area contributed by atoms with Crippen LogP contribution in [-0.4, -0.2) is 30.5 Å². The number of carbonyl (C=O) groups excluding carboxylic acids is 1. The van der Waals surface area contributed by atoms with Crippen molar-refractivity contribution in [1.29, 1.82) is 0 Å². The van der Waals surface area contributed by atoms with E-state index < -0.39 is 0 Å². The van der Waals surface area contributed by atoms with Gasteiger partial charge in [-0.15, -0.1) is 21.5 Å². The standard InChI is InChI=1S/C17H20N6OS/c1-9-8-10(2)23-14(21-22-17(23)18-9)15(24)19-11(3)16-20-12-6-4-5-7-13(12)25-16/h8,11H,4-7H2,1-3H3,(H,19,24). The van der Waals surface area contributed by atoms with Crippen molar-refractivity contribution in [3.05, 3.63) is 38.9 Å². The maximum absolute atomic E-state index is 12.7. The van der Waals surface area contributed by atoms with E-state index in [2.05, 4.69) is 20.5 Å². The summed E-state index contributed by atoms with van der Waals surface area (Å²) in [5.41, 5.74) is 2.94. The summed E-state index contributed by atoms with van der Waals surface area (Å²) < 4.78 is 1.68. The summed E-state index contributed by atoms with van der Waals surface area (Å²) >= 11 is 1.71. The van der Waals surface area contributed by atoms with Crippen LogP contribution in [-0.2, 0) is 12.8 Å². The third-order valence-electron chi connectivity index (χ3n) is 4.48. The van der Waals surface area contributed by atoms with Crippen molar-refractivity contribution in [3.63, 3.8) is 0 Å². The Labute approximate surface area is 149 Å². The maximum Gasteiger partial charge on any atom is 0.290 e. The van der Waals surface area contributed by atoms with Gasteiger partial charge in [-0.25, -0.2) is 9.97 Å². The molecule has 3 aromatic heterocycles. The van der Waals surface area contributed by atoms with E-state index in [-0.39, 0.29) is 17.8 Å². The minimum atomic E-state index is -0.262. The van der Waals surface area contributed by atoms with Crippen LogP contribution in [0.5, 0.6) is 0 Å². The summed E-state index contributed by atoms with van der Waals surface area (Å²) in [5, 5.41) is 12.0. The van der Waals surface area contributed by atoms with Crippen LogP contribution in [0.3, 0.4) is 0 Å². The third kappa shape index (κ3) is 2.90. The fraction of sp³-hybridized carbons (Fsp3) is 0.471. The van der Waals surface area contributed by atoms with Gasteiger partial charge in [0.25, 0.3) is 11.7 Å². The van der Waals surface area contributed by atoms with Gasteiger partial charge in [0, 0.05) is 16.3 Å². The molecule has 0 aliphatic heterocycles. The molecule has 0 spiro atoms. The molecule has 1 amide bonds. The first kappa shape index (κ1) is 16.1. The van der Waals surface area contributed by atoms with Crippen molar-refractivity contribution in [1.82, 2.24) is 29.9 Å². The summed E-state index contributed by atoms with van der Waals surface area (Å²) in [5.74, 6) is 0.440. The number of fused-ring (bicyclic) bond motifs is 2. The van der Waals surface area contributed by atoms with Gasteiger partial charge in [-0.05, 0) is 52.5 Å². The number of nitrogens with zero attached hydrogens (tertiary/aromatic N) is 5. The number of carbonyl (C=O) groups is 1. The summed E-state index contributed by atoms with van der Waals surface area (Å²) in [6.45, 7) is 5.77. The first-order valence-electron chi connectivity index (χ1n) is 8.51. The molecule has 0 saturated carbocycles. The average molecular weight is 356 g/mol. The SMILES string of the molecule is Cc1cc(C)n2c(C(=O)NC(C)c3nc4c(s3)CCCC4)nnc2n1. The van der Waals surface area contributed by atoms with Gasteiger partial charge in [-0.1, -0.05) is 0 Å². The molecule has 3 heterocycles. The highest BCUT2D eigenvalue weighted by Crippen LogP contribution is 2.29. The van der Waals surface area contributed by atoms with Crippen molar-refractivity contribution in [2.45, 2.75) is 52.5 Å². The van der Waals surface area contributed by atoms with Gasteiger partial charge >= 0.3 is 0 Å². The molecule has 0 saturated heterocycles. The van der Waals surface area contributed by atoms with Crippen molar-refractivity contribution in [2.24, 2.45) is 0 Å². The Morgan fingerprint density at radius 3 is 2.84 bits per heavy atom. The lowest BCUT2D eigenvalue weighted by Crippen LogP contribution is -2.28. The molecule has 1 aliphatic rings. The summed E-state index contributed by atoms with van der Waals surface area (Å²) in [6, 6.07) is 1.75. The Hall–Kier alpha value is -2.35. The van der Waals surface area contributed by atoms with Gasteiger partial charge in [0.2, 0.25) is 5.82 Å². The Bertz CT molecular complexity index is 936. The number of aromatic nitrogens is 5. The molecule has 1 atom stereocenters. The van der Waals surface area contributed by atoms with Crippen molar-refractivity contribution in [2.75, 3.05) is 0 Å². The fourth-order valence-electron chi connectivity index (χ4n) is 3.26. The lowest BCUT2D eigenvalue weighted by molar-refractivity contribution is 0.0928. The molecule has 0 aromatic carbocycles. The van der Waals surface area contributed by atoms with Gasteiger partial charge in [0.05, 0.1) is 11.7 Å². The molecule has 1 unspecified atom stereocenters. The monoisotopic (exact) mass is 356 g/mol. The predicted molar refractivity (Wildman–Crippen MR) is 94.9 cm³/mol. The first-order valence-corrected chi connectivity index (χ1v) is 9.33. The zero-order chi connectivity index (χ0) is 17.6. The highest BCUT2D eigenvalue weighted by atomic mass is 32.1. The lowest BCUT2D eigenvalue weighted by Gasteiger charge is -2.11. The second kappa shape index (κ2) is 6.18. The second-order valence-corrected chi connectivity index (χ2v) is 7.64. The Morgan fingerprint density at radius 1 is 1.24 bits per heavy atom. The van der Waals surface area contributed by atoms with Crippen LogP contribution in [0.2, 0.25) is 0 Å². The smallest absolute Gasteiger partial charge is 0.290 e. The molecule has 4 rings (SSSR count). The molecule has 1 N–H and O–H groups in total. The van der Waals surface area contributed by atoms with Gasteiger partial charge in [0.15, 0.2) is 0 Å². The van der Waals surface area contributed by atoms with Crippen molar-refractivity contribution < 1.29 is 4.79 Å². The van der Waals surface area contributed by atoms with Crippen LogP contribution in [0, 0.1) is 13.8 Å². The maximum atomic E-state index is 12.7. The number of hydrogen-bond acceptors (Lipinski definition) is 6. The Kier molecular flexibility index (Phi) is 3.99. The van der Waals surface area contributed by atoms with Crippen LogP contribution in [0.4, 0.5) is 0 Å². The molecule has 0 bridgehead atoms. The highest BCUT2D eigenvalue weighted by Gasteiger charge is 2.22. The van der Waals surface area contributed by atoms with E-state index in [0.29, 0.717) is 5.78 Å². The molecular formula is C17H20N6OS. The van der Waals surface area contributed by atoms with E-state index >= 15 is 0 Å². The summed E-state index contributed by atoms with van der Waals surface area (Å²) in [7, 11) is 0. The van der Waals surface area contributed by atoms with Crippen molar-refractivity contribution in [3.8, 4) is 0 Å². The zero-order valence-corrected chi connectivity index (χ0v) is 15.4. The molecule has 7 nitrogen and oxygen atoms in total. The molecule has 25 heavy (non-hydrogen) atoms. The molecule has 0 radical (unpaired) electrons. The predicted octanol–water partition coefficient (Wildman–Crippen LogP) is 2.57. The van der Waals surface area contributed by atoms with Crippen LogP contribution in [0.25, 0.3) is 5.78 Å². The number of rotatable bonds is 3. The van der Waals surface area contributed by atoms with Gasteiger partial charge in [-0.3, -0.25) is 9.20 Å². The topological polar surface area (TPSA) is 85.1 Å². The third-order valence-corrected chi connectivity index (χ3v) is 5.82. The number of thiazole rings is 1. The zero-order valence-electron chi connectivity index (χ0n) is 14.5. The van der Waals surface area contributed by atoms with Crippen LogP contribution in [0.1, 0.15) is 63.4 Å². The van der Waals surface area contributed by atoms with Crippen LogP contribution < -0.4 is 5.32 Å². The normalized spacial score (nSPS) is 15.2. The molecule has 0 fully saturated rings. The van der Waals surface area contributed by atoms with E-state index in [1.165, 1.54) is 23.4 Å². The minimum absolute atomic E-state index is 0.158. The van der Waals surface area contributed by atoms with Gasteiger partial charge in [-0.2, -0.15) is 0 Å². The number of amides is 1. The molecular weight excluding hydrogens is 336 g/mol. The number of nitrogens with one attached hydrogen (secondary N) is 1. The fourth-order valence-corrected chi connectivity index (χ4v) is 4.41. The van der Waals surface area contributed by atoms with E-state index in [1.54, 1.807) is 15.7 Å². The van der Waals surface area contributed by atoms with E-state index in [0.717, 1.165) is 29.2 Å². The van der Waals surface area contributed by atoms with Crippen LogP contribution >= 0.6 is 11.3 Å². The molecule has 1 aliphatic carbocycles. The van der Waals surface area contributed by atoms with Gasteiger partial charge < -0.3 is 5.32 Å². The van der Waals surface area contributed by atoms with Crippen molar-refractivity contribution >= 4 is 23.0 Å². The van der Waals surface area contributed by atoms with E-state index in [9.17, 15) is 4.79 Å². The van der Waals surface area contributed by atoms with E-state index in [4.69, 9.17) is 4.98 Å². The summed E-state index contributed by atoms with van der Waals surface area (Å²) in [4.78, 5) is 23.1. The quantitative estimate of drug-likeness (QED) is 0.779. The largest absolute Gasteiger partial charge is 0.340 e. The Balaban J connectivity index is 1.58. The Morgan fingerprint density at radius 2 is 2.04 bits per heavy atom. The van der Waals surface area contributed by atoms with Crippen LogP contribution in [0.15, 0.2) is 6.07 Å². The molecule has 8 heteroatoms. The lowest BCUT2D eigenvalue weighted by atomic mass is 10.0. The minimum Gasteiger partial charge on any atom is -0.340 e. The molecule has 3 aromatic rings. The average Bonchev–Trinajstić information content (AvgIpc) is 3.18. The first-order chi connectivity index (χ1) is 12.0. The summed E-state index contributed by atoms with van der Waals surface area (Å²) in [6.07, 6.45) is 4.58.